The first-order chi connectivity index (χ1) is 11.2. The highest BCUT2D eigenvalue weighted by Gasteiger charge is 2.20. The fraction of sp³-hybridized carbons (Fsp3) is 0.350. The Morgan fingerprint density at radius 1 is 1.13 bits per heavy atom. The van der Waals surface area contributed by atoms with Crippen molar-refractivity contribution in [2.24, 2.45) is 0 Å². The van der Waals surface area contributed by atoms with Gasteiger partial charge in [0, 0.05) is 9.79 Å². The van der Waals surface area contributed by atoms with Gasteiger partial charge in [0.15, 0.2) is 0 Å². The zero-order valence-electron chi connectivity index (χ0n) is 13.7. The third-order valence-corrected chi connectivity index (χ3v) is 5.48. The Kier molecular flexibility index (Phi) is 5.06. The third-order valence-electron chi connectivity index (χ3n) is 4.24. The number of esters is 1. The van der Waals surface area contributed by atoms with Gasteiger partial charge in [0.25, 0.3) is 0 Å². The minimum atomic E-state index is -0.206. The first kappa shape index (κ1) is 16.1. The molecule has 1 atom stereocenters. The lowest BCUT2D eigenvalue weighted by Gasteiger charge is -2.14. The number of carbonyl (C=O) groups is 1. The molecule has 0 saturated heterocycles. The number of fused-ring (bicyclic) bond motifs is 2. The quantitative estimate of drug-likeness (QED) is 0.740. The molecule has 0 bridgehead atoms. The lowest BCUT2D eigenvalue weighted by atomic mass is 9.96. The Hall–Kier alpha value is -1.74. The van der Waals surface area contributed by atoms with Crippen LogP contribution in [0.3, 0.4) is 0 Å². The summed E-state index contributed by atoms with van der Waals surface area (Å²) in [6.45, 7) is 4.44. The second-order valence-corrected chi connectivity index (χ2v) is 7.05. The molecule has 3 heteroatoms. The molecule has 0 spiro atoms. The summed E-state index contributed by atoms with van der Waals surface area (Å²) < 4.78 is 5.28. The molecule has 0 radical (unpaired) electrons. The number of rotatable bonds is 4. The van der Waals surface area contributed by atoms with Crippen LogP contribution in [0.2, 0.25) is 0 Å². The predicted octanol–water partition coefficient (Wildman–Crippen LogP) is 4.99. The maximum atomic E-state index is 12.1. The summed E-state index contributed by atoms with van der Waals surface area (Å²) in [5.74, 6) is -0.334. The maximum absolute atomic E-state index is 12.1. The third kappa shape index (κ3) is 3.61. The number of ether oxygens (including phenoxy) is 1. The van der Waals surface area contributed by atoms with Crippen LogP contribution in [0.15, 0.2) is 52.3 Å². The summed E-state index contributed by atoms with van der Waals surface area (Å²) in [7, 11) is 0. The van der Waals surface area contributed by atoms with Gasteiger partial charge < -0.3 is 4.74 Å². The number of hydrogen-bond acceptors (Lipinski definition) is 3. The van der Waals surface area contributed by atoms with Gasteiger partial charge in [0.05, 0.1) is 12.5 Å². The van der Waals surface area contributed by atoms with E-state index in [1.54, 1.807) is 0 Å². The van der Waals surface area contributed by atoms with Crippen molar-refractivity contribution in [3.05, 3.63) is 59.2 Å². The van der Waals surface area contributed by atoms with Gasteiger partial charge in [-0.05, 0) is 55.0 Å². The van der Waals surface area contributed by atoms with Crippen LogP contribution >= 0.6 is 11.8 Å². The van der Waals surface area contributed by atoms with Gasteiger partial charge in [-0.2, -0.15) is 0 Å². The molecule has 23 heavy (non-hydrogen) atoms. The molecule has 2 aromatic carbocycles. The Labute approximate surface area is 142 Å². The van der Waals surface area contributed by atoms with Crippen LogP contribution in [0.25, 0.3) is 0 Å². The number of aryl methyl sites for hydroxylation is 2. The van der Waals surface area contributed by atoms with Gasteiger partial charge in [-0.15, -0.1) is 0 Å². The van der Waals surface area contributed by atoms with E-state index in [4.69, 9.17) is 4.74 Å². The van der Waals surface area contributed by atoms with Crippen LogP contribution in [0.5, 0.6) is 0 Å². The van der Waals surface area contributed by atoms with Crippen molar-refractivity contribution < 1.29 is 9.53 Å². The molecule has 1 aliphatic rings. The van der Waals surface area contributed by atoms with Crippen molar-refractivity contribution in [2.75, 3.05) is 6.61 Å². The van der Waals surface area contributed by atoms with Crippen molar-refractivity contribution in [1.29, 1.82) is 0 Å². The lowest BCUT2D eigenvalue weighted by molar-refractivity contribution is -0.145. The first-order valence-corrected chi connectivity index (χ1v) is 9.06. The van der Waals surface area contributed by atoms with Gasteiger partial charge in [0.2, 0.25) is 0 Å². The average Bonchev–Trinajstić information content (AvgIpc) is 2.77. The van der Waals surface area contributed by atoms with E-state index >= 15 is 0 Å². The van der Waals surface area contributed by atoms with Crippen molar-refractivity contribution in [3.63, 3.8) is 0 Å². The number of carbonyl (C=O) groups excluding carboxylic acids is 1. The second kappa shape index (κ2) is 7.22. The van der Waals surface area contributed by atoms with Crippen LogP contribution in [0, 0.1) is 0 Å². The fourth-order valence-corrected chi connectivity index (χ4v) is 3.94. The van der Waals surface area contributed by atoms with E-state index in [1.807, 2.05) is 25.6 Å². The van der Waals surface area contributed by atoms with E-state index in [0.29, 0.717) is 6.61 Å². The molecule has 0 fully saturated rings. The summed E-state index contributed by atoms with van der Waals surface area (Å²) in [5, 5.41) is 0. The minimum absolute atomic E-state index is 0.128. The van der Waals surface area contributed by atoms with Crippen molar-refractivity contribution >= 4 is 17.7 Å². The largest absolute Gasteiger partial charge is 0.465 e. The topological polar surface area (TPSA) is 26.3 Å². The second-order valence-electron chi connectivity index (χ2n) is 5.97. The fourth-order valence-electron chi connectivity index (χ4n) is 2.83. The summed E-state index contributed by atoms with van der Waals surface area (Å²) in [6, 6.07) is 15.0. The standard InChI is InChI=1S/C20H22O2S/c1-3-12-22-20(21)14(2)16-10-11-19-17(13-16)9-8-15-6-4-5-7-18(15)23-19/h4-7,10-11,13-14H,3,8-9,12H2,1-2H3. The molecule has 3 rings (SSSR count). The van der Waals surface area contributed by atoms with Crippen LogP contribution < -0.4 is 0 Å². The van der Waals surface area contributed by atoms with E-state index in [-0.39, 0.29) is 11.9 Å². The van der Waals surface area contributed by atoms with E-state index in [9.17, 15) is 4.79 Å². The molecule has 0 N–H and O–H groups in total. The normalized spacial score (nSPS) is 14.3. The van der Waals surface area contributed by atoms with Gasteiger partial charge in [-0.3, -0.25) is 4.79 Å². The van der Waals surface area contributed by atoms with Crippen LogP contribution in [0.4, 0.5) is 0 Å². The van der Waals surface area contributed by atoms with Crippen LogP contribution in [-0.4, -0.2) is 12.6 Å². The molecule has 1 unspecified atom stereocenters. The Balaban J connectivity index is 1.82. The molecule has 0 aromatic heterocycles. The molecule has 0 saturated carbocycles. The van der Waals surface area contributed by atoms with Gasteiger partial charge in [-0.1, -0.05) is 49.0 Å². The summed E-state index contributed by atoms with van der Waals surface area (Å²) in [5.41, 5.74) is 3.79. The van der Waals surface area contributed by atoms with E-state index in [2.05, 4.69) is 42.5 Å². The Morgan fingerprint density at radius 3 is 2.70 bits per heavy atom. The number of benzene rings is 2. The predicted molar refractivity (Wildman–Crippen MR) is 94.1 cm³/mol. The van der Waals surface area contributed by atoms with Gasteiger partial charge in [0.1, 0.15) is 0 Å². The highest BCUT2D eigenvalue weighted by Crippen LogP contribution is 2.38. The molecule has 0 aliphatic carbocycles. The van der Waals surface area contributed by atoms with E-state index in [1.165, 1.54) is 20.9 Å². The first-order valence-electron chi connectivity index (χ1n) is 8.24. The monoisotopic (exact) mass is 326 g/mol. The average molecular weight is 326 g/mol. The highest BCUT2D eigenvalue weighted by molar-refractivity contribution is 7.99. The van der Waals surface area contributed by atoms with Crippen LogP contribution in [0.1, 0.15) is 42.9 Å². The molecule has 120 valence electrons. The van der Waals surface area contributed by atoms with Crippen LogP contribution in [-0.2, 0) is 22.4 Å². The van der Waals surface area contributed by atoms with Gasteiger partial charge in [-0.25, -0.2) is 0 Å². The molecular formula is C20H22O2S. The molecule has 2 nitrogen and oxygen atoms in total. The Morgan fingerprint density at radius 2 is 1.87 bits per heavy atom. The lowest BCUT2D eigenvalue weighted by Crippen LogP contribution is -2.14. The maximum Gasteiger partial charge on any atom is 0.313 e. The summed E-state index contributed by atoms with van der Waals surface area (Å²) in [4.78, 5) is 14.7. The van der Waals surface area contributed by atoms with Crippen molar-refractivity contribution in [2.45, 2.75) is 48.8 Å². The summed E-state index contributed by atoms with van der Waals surface area (Å²) >= 11 is 1.83. The zero-order valence-corrected chi connectivity index (χ0v) is 14.5. The molecular weight excluding hydrogens is 304 g/mol. The molecule has 1 heterocycles. The van der Waals surface area contributed by atoms with Crippen molar-refractivity contribution in [1.82, 2.24) is 0 Å². The molecule has 2 aromatic rings. The molecule has 0 amide bonds. The summed E-state index contributed by atoms with van der Waals surface area (Å²) in [6.07, 6.45) is 2.93. The zero-order chi connectivity index (χ0) is 16.2. The Bertz CT molecular complexity index is 709. The smallest absolute Gasteiger partial charge is 0.313 e. The number of hydrogen-bond donors (Lipinski definition) is 0. The van der Waals surface area contributed by atoms with E-state index < -0.39 is 0 Å². The van der Waals surface area contributed by atoms with Gasteiger partial charge >= 0.3 is 5.97 Å². The molecule has 1 aliphatic heterocycles. The minimum Gasteiger partial charge on any atom is -0.465 e. The van der Waals surface area contributed by atoms with E-state index in [0.717, 1.165) is 24.8 Å². The SMILES string of the molecule is CCCOC(=O)C(C)c1ccc2c(c1)CCc1ccccc1S2. The highest BCUT2D eigenvalue weighted by atomic mass is 32.2. The van der Waals surface area contributed by atoms with Crippen molar-refractivity contribution in [3.8, 4) is 0 Å².